The third-order valence-electron chi connectivity index (χ3n) is 5.72. The molecule has 34 heavy (non-hydrogen) atoms. The summed E-state index contributed by atoms with van der Waals surface area (Å²) in [6.45, 7) is 0. The molecule has 1 atom stereocenters. The Morgan fingerprint density at radius 3 is 2.26 bits per heavy atom. The Labute approximate surface area is 196 Å². The van der Waals surface area contributed by atoms with E-state index in [0.717, 1.165) is 0 Å². The van der Waals surface area contributed by atoms with Crippen LogP contribution >= 0.6 is 0 Å². The Kier molecular flexibility index (Phi) is 6.72. The van der Waals surface area contributed by atoms with Crippen LogP contribution in [0.4, 0.5) is 16.2 Å². The molecule has 0 aliphatic heterocycles. The molecule has 0 fully saturated rings. The molecule has 174 valence electrons. The van der Waals surface area contributed by atoms with Crippen LogP contribution in [0.25, 0.3) is 0 Å². The van der Waals surface area contributed by atoms with Gasteiger partial charge in [0.25, 0.3) is 5.69 Å². The normalized spacial score (nSPS) is 13.4. The molecule has 3 N–H and O–H groups in total. The Hall–Kier alpha value is -4.40. The molecule has 3 aromatic rings. The summed E-state index contributed by atoms with van der Waals surface area (Å²) in [5.41, 5.74) is 2.65. The molecule has 0 aromatic heterocycles. The molecule has 0 spiro atoms. The van der Waals surface area contributed by atoms with Crippen molar-refractivity contribution in [1.82, 2.24) is 10.6 Å². The van der Waals surface area contributed by atoms with E-state index in [4.69, 9.17) is 4.74 Å². The lowest BCUT2D eigenvalue weighted by atomic mass is 10.1. The SMILES string of the molecule is COc1ccc([N+](=O)[O-])c(NC(=O)N[C@@H](C(=O)NC2Cc3ccccc3C2)c2ccccc2)c1. The summed E-state index contributed by atoms with van der Waals surface area (Å²) >= 11 is 0. The van der Waals surface area contributed by atoms with E-state index >= 15 is 0 Å². The number of hydrogen-bond donors (Lipinski definition) is 3. The second kappa shape index (κ2) is 10.0. The number of nitro benzene ring substituents is 1. The fraction of sp³-hybridized carbons (Fsp3) is 0.200. The lowest BCUT2D eigenvalue weighted by molar-refractivity contribution is -0.383. The van der Waals surface area contributed by atoms with Gasteiger partial charge in [-0.3, -0.25) is 14.9 Å². The first-order valence-corrected chi connectivity index (χ1v) is 10.8. The Morgan fingerprint density at radius 1 is 1.00 bits per heavy atom. The number of carbonyl (C=O) groups is 2. The average Bonchev–Trinajstić information content (AvgIpc) is 3.25. The fourth-order valence-electron chi connectivity index (χ4n) is 4.08. The zero-order valence-corrected chi connectivity index (χ0v) is 18.5. The van der Waals surface area contributed by atoms with E-state index in [0.29, 0.717) is 24.2 Å². The molecule has 0 radical (unpaired) electrons. The van der Waals surface area contributed by atoms with E-state index in [2.05, 4.69) is 16.0 Å². The number of rotatable bonds is 7. The van der Waals surface area contributed by atoms with Gasteiger partial charge in [-0.1, -0.05) is 54.6 Å². The zero-order chi connectivity index (χ0) is 24.1. The monoisotopic (exact) mass is 460 g/mol. The smallest absolute Gasteiger partial charge is 0.320 e. The fourth-order valence-corrected chi connectivity index (χ4v) is 4.08. The second-order valence-corrected chi connectivity index (χ2v) is 7.96. The number of anilines is 1. The van der Waals surface area contributed by atoms with Crippen molar-refractivity contribution < 1.29 is 19.2 Å². The van der Waals surface area contributed by atoms with Crippen LogP contribution in [0.15, 0.2) is 72.8 Å². The molecule has 0 bridgehead atoms. The van der Waals surface area contributed by atoms with E-state index in [-0.39, 0.29) is 23.3 Å². The molecule has 0 heterocycles. The van der Waals surface area contributed by atoms with Gasteiger partial charge < -0.3 is 20.7 Å². The standard InChI is InChI=1S/C25H24N4O5/c1-34-20-11-12-22(29(32)33)21(15-20)27-25(31)28-23(16-7-3-2-4-8-16)24(30)26-19-13-17-9-5-6-10-18(17)14-19/h2-12,15,19,23H,13-14H2,1H3,(H,26,30)(H2,27,28,31)/t23-/m1/s1. The van der Waals surface area contributed by atoms with Gasteiger partial charge in [0.05, 0.1) is 12.0 Å². The van der Waals surface area contributed by atoms with Crippen LogP contribution in [0, 0.1) is 10.1 Å². The third kappa shape index (κ3) is 5.15. The van der Waals surface area contributed by atoms with Crippen molar-refractivity contribution >= 4 is 23.3 Å². The molecule has 9 heteroatoms. The van der Waals surface area contributed by atoms with Crippen LogP contribution in [-0.4, -0.2) is 30.0 Å². The van der Waals surface area contributed by atoms with E-state index in [1.807, 2.05) is 30.3 Å². The minimum Gasteiger partial charge on any atom is -0.497 e. The van der Waals surface area contributed by atoms with Crippen molar-refractivity contribution in [2.45, 2.75) is 24.9 Å². The van der Waals surface area contributed by atoms with Gasteiger partial charge in [0.2, 0.25) is 5.91 Å². The minimum atomic E-state index is -0.991. The van der Waals surface area contributed by atoms with Gasteiger partial charge in [-0.2, -0.15) is 0 Å². The third-order valence-corrected chi connectivity index (χ3v) is 5.72. The topological polar surface area (TPSA) is 123 Å². The molecule has 1 aliphatic rings. The Balaban J connectivity index is 1.50. The largest absolute Gasteiger partial charge is 0.497 e. The molecule has 3 aromatic carbocycles. The highest BCUT2D eigenvalue weighted by molar-refractivity contribution is 5.96. The molecule has 0 saturated heterocycles. The number of urea groups is 1. The first kappa shape index (κ1) is 22.8. The van der Waals surface area contributed by atoms with Gasteiger partial charge in [0, 0.05) is 18.2 Å². The highest BCUT2D eigenvalue weighted by Gasteiger charge is 2.28. The number of amides is 3. The van der Waals surface area contributed by atoms with Gasteiger partial charge >= 0.3 is 6.03 Å². The number of fused-ring (bicyclic) bond motifs is 1. The average molecular weight is 460 g/mol. The van der Waals surface area contributed by atoms with Crippen molar-refractivity contribution in [2.75, 3.05) is 12.4 Å². The van der Waals surface area contributed by atoms with Gasteiger partial charge in [0.1, 0.15) is 17.5 Å². The van der Waals surface area contributed by atoms with Crippen molar-refractivity contribution in [2.24, 2.45) is 0 Å². The van der Waals surface area contributed by atoms with Gasteiger partial charge in [0.15, 0.2) is 0 Å². The zero-order valence-electron chi connectivity index (χ0n) is 18.5. The summed E-state index contributed by atoms with van der Waals surface area (Å²) in [6.07, 6.45) is 1.43. The molecular formula is C25H24N4O5. The summed E-state index contributed by atoms with van der Waals surface area (Å²) < 4.78 is 5.10. The lowest BCUT2D eigenvalue weighted by Crippen LogP contribution is -2.45. The molecule has 1 aliphatic carbocycles. The number of nitro groups is 1. The first-order valence-electron chi connectivity index (χ1n) is 10.8. The van der Waals surface area contributed by atoms with Crippen molar-refractivity contribution in [3.05, 3.63) is 99.6 Å². The Morgan fingerprint density at radius 2 is 1.65 bits per heavy atom. The van der Waals surface area contributed by atoms with Crippen molar-refractivity contribution in [1.29, 1.82) is 0 Å². The van der Waals surface area contributed by atoms with Gasteiger partial charge in [-0.05, 0) is 35.6 Å². The van der Waals surface area contributed by atoms with Crippen LogP contribution in [0.1, 0.15) is 22.7 Å². The summed E-state index contributed by atoms with van der Waals surface area (Å²) in [7, 11) is 1.42. The van der Waals surface area contributed by atoms with Crippen molar-refractivity contribution in [3.63, 3.8) is 0 Å². The highest BCUT2D eigenvalue weighted by Crippen LogP contribution is 2.29. The number of nitrogens with zero attached hydrogens (tertiary/aromatic N) is 1. The number of nitrogens with one attached hydrogen (secondary N) is 3. The van der Waals surface area contributed by atoms with Crippen LogP contribution in [0.5, 0.6) is 5.75 Å². The molecule has 9 nitrogen and oxygen atoms in total. The van der Waals surface area contributed by atoms with E-state index in [1.54, 1.807) is 24.3 Å². The molecule has 0 unspecified atom stereocenters. The quantitative estimate of drug-likeness (QED) is 0.366. The molecular weight excluding hydrogens is 436 g/mol. The number of hydrogen-bond acceptors (Lipinski definition) is 5. The maximum absolute atomic E-state index is 13.2. The van der Waals surface area contributed by atoms with Gasteiger partial charge in [-0.25, -0.2) is 4.79 Å². The number of benzene rings is 3. The minimum absolute atomic E-state index is 0.0414. The lowest BCUT2D eigenvalue weighted by Gasteiger charge is -2.22. The highest BCUT2D eigenvalue weighted by atomic mass is 16.6. The summed E-state index contributed by atoms with van der Waals surface area (Å²) in [4.78, 5) is 36.8. The summed E-state index contributed by atoms with van der Waals surface area (Å²) in [5.74, 6) is -0.0154. The number of methoxy groups -OCH3 is 1. The Bertz CT molecular complexity index is 1190. The maximum Gasteiger partial charge on any atom is 0.320 e. The maximum atomic E-state index is 13.2. The van der Waals surface area contributed by atoms with E-state index in [1.165, 1.54) is 36.4 Å². The molecule has 4 rings (SSSR count). The summed E-state index contributed by atoms with van der Waals surface area (Å²) in [5, 5.41) is 19.5. The molecule has 3 amide bonds. The van der Waals surface area contributed by atoms with Crippen LogP contribution in [0.3, 0.4) is 0 Å². The van der Waals surface area contributed by atoms with E-state index < -0.39 is 17.0 Å². The number of carbonyl (C=O) groups excluding carboxylic acids is 2. The van der Waals surface area contributed by atoms with E-state index in [9.17, 15) is 19.7 Å². The van der Waals surface area contributed by atoms with Crippen LogP contribution in [0.2, 0.25) is 0 Å². The van der Waals surface area contributed by atoms with Crippen LogP contribution in [-0.2, 0) is 17.6 Å². The number of ether oxygens (including phenoxy) is 1. The van der Waals surface area contributed by atoms with Gasteiger partial charge in [-0.15, -0.1) is 0 Å². The summed E-state index contributed by atoms with van der Waals surface area (Å²) in [6, 6.07) is 19.1. The van der Waals surface area contributed by atoms with Crippen LogP contribution < -0.4 is 20.7 Å². The first-order chi connectivity index (χ1) is 16.4. The van der Waals surface area contributed by atoms with Crippen molar-refractivity contribution in [3.8, 4) is 5.75 Å². The second-order valence-electron chi connectivity index (χ2n) is 7.96. The predicted octanol–water partition coefficient (Wildman–Crippen LogP) is 3.75. The predicted molar refractivity (Wildman–Crippen MR) is 127 cm³/mol. The molecule has 0 saturated carbocycles.